The largest absolute Gasteiger partial charge is 0.387 e. The number of hydrogen-bond donors (Lipinski definition) is 1. The van der Waals surface area contributed by atoms with Crippen LogP contribution in [-0.4, -0.2) is 33.8 Å². The lowest BCUT2D eigenvalue weighted by Gasteiger charge is -2.39. The molecule has 0 saturated heterocycles. The molecular formula is C20H19N3O3S. The van der Waals surface area contributed by atoms with Gasteiger partial charge in [-0.2, -0.15) is 4.31 Å². The molecule has 2 unspecified atom stereocenters. The van der Waals surface area contributed by atoms with Crippen LogP contribution >= 0.6 is 0 Å². The van der Waals surface area contributed by atoms with Crippen LogP contribution in [0.1, 0.15) is 22.8 Å². The van der Waals surface area contributed by atoms with Crippen molar-refractivity contribution in [2.24, 2.45) is 0 Å². The highest BCUT2D eigenvalue weighted by atomic mass is 32.2. The van der Waals surface area contributed by atoms with E-state index in [1.54, 1.807) is 61.2 Å². The number of aliphatic hydroxyl groups excluding tert-OH is 1. The van der Waals surface area contributed by atoms with Gasteiger partial charge < -0.3 is 5.11 Å². The van der Waals surface area contributed by atoms with Gasteiger partial charge in [-0.3, -0.25) is 9.97 Å². The van der Waals surface area contributed by atoms with Crippen LogP contribution in [0.4, 0.5) is 0 Å². The van der Waals surface area contributed by atoms with E-state index in [0.717, 1.165) is 11.1 Å². The second-order valence-electron chi connectivity index (χ2n) is 6.53. The first-order valence-corrected chi connectivity index (χ1v) is 10.1. The van der Waals surface area contributed by atoms with Gasteiger partial charge in [0.05, 0.1) is 17.0 Å². The lowest BCUT2D eigenvalue weighted by molar-refractivity contribution is 0.0769. The molecule has 7 heteroatoms. The fourth-order valence-electron chi connectivity index (χ4n) is 3.48. The number of nitrogens with zero attached hydrogens (tertiary/aromatic N) is 3. The molecule has 27 heavy (non-hydrogen) atoms. The van der Waals surface area contributed by atoms with Crippen molar-refractivity contribution in [3.63, 3.8) is 0 Å². The van der Waals surface area contributed by atoms with E-state index in [1.165, 1.54) is 4.31 Å². The fraction of sp³-hybridized carbons (Fsp3) is 0.200. The minimum atomic E-state index is -3.76. The van der Waals surface area contributed by atoms with Gasteiger partial charge in [-0.05, 0) is 35.7 Å². The molecule has 1 aromatic carbocycles. The molecule has 2 atom stereocenters. The Labute approximate surface area is 158 Å². The maximum atomic E-state index is 13.3. The Morgan fingerprint density at radius 2 is 1.59 bits per heavy atom. The van der Waals surface area contributed by atoms with Crippen LogP contribution in [0.5, 0.6) is 0 Å². The molecule has 3 aromatic rings. The standard InChI is InChI=1S/C20H19N3O3S/c24-20-17-7-1-2-8-19(17)27(25,26)23(14-16-6-4-10-22-13-16)18(20)11-15-5-3-9-21-12-15/h1-10,12-13,18,20,24H,11,14H2. The maximum absolute atomic E-state index is 13.3. The molecule has 138 valence electrons. The van der Waals surface area contributed by atoms with Crippen molar-refractivity contribution in [2.45, 2.75) is 30.0 Å². The van der Waals surface area contributed by atoms with E-state index in [0.29, 0.717) is 12.0 Å². The summed E-state index contributed by atoms with van der Waals surface area (Å²) in [6, 6.07) is 13.3. The Balaban J connectivity index is 1.80. The summed E-state index contributed by atoms with van der Waals surface area (Å²) in [6.07, 6.45) is 6.09. The van der Waals surface area contributed by atoms with Gasteiger partial charge in [-0.1, -0.05) is 30.3 Å². The molecule has 0 aliphatic carbocycles. The van der Waals surface area contributed by atoms with E-state index < -0.39 is 22.2 Å². The summed E-state index contributed by atoms with van der Waals surface area (Å²) in [7, 11) is -3.76. The molecule has 2 aromatic heterocycles. The van der Waals surface area contributed by atoms with Crippen LogP contribution in [0.2, 0.25) is 0 Å². The highest BCUT2D eigenvalue weighted by molar-refractivity contribution is 7.89. The molecule has 0 radical (unpaired) electrons. The molecule has 0 spiro atoms. The molecule has 1 aliphatic rings. The molecule has 4 rings (SSSR count). The minimum Gasteiger partial charge on any atom is -0.387 e. The van der Waals surface area contributed by atoms with Gasteiger partial charge in [0.25, 0.3) is 0 Å². The predicted molar refractivity (Wildman–Crippen MR) is 100 cm³/mol. The summed E-state index contributed by atoms with van der Waals surface area (Å²) in [5.74, 6) is 0. The van der Waals surface area contributed by atoms with Gasteiger partial charge in [0.2, 0.25) is 10.0 Å². The number of fused-ring (bicyclic) bond motifs is 1. The Morgan fingerprint density at radius 3 is 2.26 bits per heavy atom. The van der Waals surface area contributed by atoms with Crippen LogP contribution < -0.4 is 0 Å². The summed E-state index contributed by atoms with van der Waals surface area (Å²) < 4.78 is 28.0. The van der Waals surface area contributed by atoms with Gasteiger partial charge in [0, 0.05) is 36.9 Å². The average molecular weight is 381 g/mol. The lowest BCUT2D eigenvalue weighted by atomic mass is 9.96. The quantitative estimate of drug-likeness (QED) is 0.750. The number of hydrogen-bond acceptors (Lipinski definition) is 5. The van der Waals surface area contributed by atoms with Gasteiger partial charge in [-0.15, -0.1) is 0 Å². The first-order valence-electron chi connectivity index (χ1n) is 8.64. The average Bonchev–Trinajstić information content (AvgIpc) is 2.71. The van der Waals surface area contributed by atoms with E-state index >= 15 is 0 Å². The first-order chi connectivity index (χ1) is 13.1. The van der Waals surface area contributed by atoms with E-state index in [9.17, 15) is 13.5 Å². The Bertz CT molecular complexity index is 1030. The topological polar surface area (TPSA) is 83.4 Å². The fourth-order valence-corrected chi connectivity index (χ4v) is 5.33. The zero-order chi connectivity index (χ0) is 18.9. The molecule has 1 N–H and O–H groups in total. The predicted octanol–water partition coefficient (Wildman–Crippen LogP) is 2.33. The van der Waals surface area contributed by atoms with Crippen molar-refractivity contribution in [2.75, 3.05) is 0 Å². The number of aromatic nitrogens is 2. The van der Waals surface area contributed by atoms with Crippen molar-refractivity contribution < 1.29 is 13.5 Å². The Morgan fingerprint density at radius 1 is 0.926 bits per heavy atom. The molecule has 1 aliphatic heterocycles. The lowest BCUT2D eigenvalue weighted by Crippen LogP contribution is -2.48. The monoisotopic (exact) mass is 381 g/mol. The van der Waals surface area contributed by atoms with Crippen molar-refractivity contribution in [3.05, 3.63) is 90.0 Å². The SMILES string of the molecule is O=S1(=O)c2ccccc2C(O)C(Cc2cccnc2)N1Cc1cccnc1. The van der Waals surface area contributed by atoms with E-state index in [2.05, 4.69) is 9.97 Å². The third kappa shape index (κ3) is 3.37. The molecule has 0 fully saturated rings. The van der Waals surface area contributed by atoms with E-state index in [4.69, 9.17) is 0 Å². The number of benzene rings is 1. The number of sulfonamides is 1. The molecular weight excluding hydrogens is 362 g/mol. The summed E-state index contributed by atoms with van der Waals surface area (Å²) in [5.41, 5.74) is 2.07. The number of aliphatic hydroxyl groups is 1. The maximum Gasteiger partial charge on any atom is 0.244 e. The molecule has 3 heterocycles. The molecule has 0 bridgehead atoms. The smallest absolute Gasteiger partial charge is 0.244 e. The van der Waals surface area contributed by atoms with Crippen LogP contribution in [0.25, 0.3) is 0 Å². The molecule has 0 saturated carbocycles. The van der Waals surface area contributed by atoms with Crippen molar-refractivity contribution in [1.82, 2.24) is 14.3 Å². The van der Waals surface area contributed by atoms with Crippen molar-refractivity contribution in [3.8, 4) is 0 Å². The van der Waals surface area contributed by atoms with Crippen molar-refractivity contribution in [1.29, 1.82) is 0 Å². The van der Waals surface area contributed by atoms with Crippen LogP contribution in [-0.2, 0) is 23.0 Å². The normalized spacial score (nSPS) is 21.5. The molecule has 6 nitrogen and oxygen atoms in total. The third-order valence-electron chi connectivity index (χ3n) is 4.79. The first kappa shape index (κ1) is 17.8. The Hall–Kier alpha value is -2.61. The highest BCUT2D eigenvalue weighted by Gasteiger charge is 2.43. The van der Waals surface area contributed by atoms with Crippen molar-refractivity contribution >= 4 is 10.0 Å². The highest BCUT2D eigenvalue weighted by Crippen LogP contribution is 2.38. The van der Waals surface area contributed by atoms with Gasteiger partial charge in [0.15, 0.2) is 0 Å². The van der Waals surface area contributed by atoms with E-state index in [-0.39, 0.29) is 11.4 Å². The summed E-state index contributed by atoms with van der Waals surface area (Å²) in [4.78, 5) is 8.34. The Kier molecular flexibility index (Phi) is 4.73. The van der Waals surface area contributed by atoms with Gasteiger partial charge >= 0.3 is 0 Å². The second-order valence-corrected chi connectivity index (χ2v) is 8.39. The zero-order valence-corrected chi connectivity index (χ0v) is 15.3. The molecule has 0 amide bonds. The van der Waals surface area contributed by atoms with Gasteiger partial charge in [-0.25, -0.2) is 8.42 Å². The van der Waals surface area contributed by atoms with Crippen LogP contribution in [0.3, 0.4) is 0 Å². The minimum absolute atomic E-state index is 0.145. The van der Waals surface area contributed by atoms with Crippen LogP contribution in [0.15, 0.2) is 78.2 Å². The number of pyridine rings is 2. The van der Waals surface area contributed by atoms with Crippen LogP contribution in [0, 0.1) is 0 Å². The second kappa shape index (κ2) is 7.19. The summed E-state index contributed by atoms with van der Waals surface area (Å²) in [5, 5.41) is 11.0. The van der Waals surface area contributed by atoms with E-state index in [1.807, 2.05) is 12.1 Å². The number of rotatable bonds is 4. The third-order valence-corrected chi connectivity index (χ3v) is 6.73. The van der Waals surface area contributed by atoms with Gasteiger partial charge in [0.1, 0.15) is 0 Å². The summed E-state index contributed by atoms with van der Waals surface area (Å²) >= 11 is 0. The summed E-state index contributed by atoms with van der Waals surface area (Å²) in [6.45, 7) is 0.145. The zero-order valence-electron chi connectivity index (χ0n) is 14.5.